The van der Waals surface area contributed by atoms with Crippen molar-refractivity contribution in [2.75, 3.05) is 18.5 Å². The fourth-order valence-electron chi connectivity index (χ4n) is 2.57. The topological polar surface area (TPSA) is 71.2 Å². The summed E-state index contributed by atoms with van der Waals surface area (Å²) in [6, 6.07) is 7.68. The fraction of sp³-hybridized carbons (Fsp3) is 0.286. The molecular weight excluding hydrogens is 240 g/mol. The van der Waals surface area contributed by atoms with Crippen LogP contribution in [0.3, 0.4) is 0 Å². The summed E-state index contributed by atoms with van der Waals surface area (Å²) >= 11 is 0. The molecule has 0 saturated carbocycles. The summed E-state index contributed by atoms with van der Waals surface area (Å²) in [6.45, 7) is 1.67. The van der Waals surface area contributed by atoms with Gasteiger partial charge >= 0.3 is 0 Å². The molecular formula is C14H16N4O. The molecule has 0 bridgehead atoms. The van der Waals surface area contributed by atoms with Crippen molar-refractivity contribution in [1.29, 1.82) is 0 Å². The standard InChI is InChI=1S/C14H16N4O/c15-17-13-11-6-2-1-5-10(11)12(9-16-13)14(19)18-7-3-4-8-18/h1-2,5-6,9H,3-4,7-8,15H2,(H,16,17). The summed E-state index contributed by atoms with van der Waals surface area (Å²) in [7, 11) is 0. The van der Waals surface area contributed by atoms with Crippen molar-refractivity contribution >= 4 is 22.5 Å². The van der Waals surface area contributed by atoms with E-state index in [9.17, 15) is 4.79 Å². The Balaban J connectivity index is 2.11. The molecule has 3 N–H and O–H groups in total. The van der Waals surface area contributed by atoms with E-state index in [0.29, 0.717) is 11.4 Å². The number of nitrogens with zero attached hydrogens (tertiary/aromatic N) is 2. The average molecular weight is 256 g/mol. The van der Waals surface area contributed by atoms with E-state index in [-0.39, 0.29) is 5.91 Å². The number of carbonyl (C=O) groups excluding carboxylic acids is 1. The molecule has 5 nitrogen and oxygen atoms in total. The molecule has 0 aliphatic carbocycles. The Morgan fingerprint density at radius 2 is 1.89 bits per heavy atom. The lowest BCUT2D eigenvalue weighted by atomic mass is 10.1. The highest BCUT2D eigenvalue weighted by atomic mass is 16.2. The number of pyridine rings is 1. The Morgan fingerprint density at radius 1 is 1.21 bits per heavy atom. The van der Waals surface area contributed by atoms with Crippen molar-refractivity contribution in [3.8, 4) is 0 Å². The van der Waals surface area contributed by atoms with Crippen molar-refractivity contribution in [3.05, 3.63) is 36.0 Å². The van der Waals surface area contributed by atoms with Gasteiger partial charge in [-0.1, -0.05) is 24.3 Å². The van der Waals surface area contributed by atoms with Crippen LogP contribution in [0.4, 0.5) is 5.82 Å². The molecule has 0 unspecified atom stereocenters. The summed E-state index contributed by atoms with van der Waals surface area (Å²) in [6.07, 6.45) is 3.78. The third kappa shape index (κ3) is 2.02. The summed E-state index contributed by atoms with van der Waals surface area (Å²) in [4.78, 5) is 18.6. The van der Waals surface area contributed by atoms with Gasteiger partial charge in [-0.25, -0.2) is 10.8 Å². The van der Waals surface area contributed by atoms with Crippen molar-refractivity contribution in [3.63, 3.8) is 0 Å². The van der Waals surface area contributed by atoms with Crippen LogP contribution in [0, 0.1) is 0 Å². The van der Waals surface area contributed by atoms with Gasteiger partial charge in [0.1, 0.15) is 5.82 Å². The number of nitrogen functional groups attached to an aromatic ring is 1. The summed E-state index contributed by atoms with van der Waals surface area (Å²) in [5.41, 5.74) is 3.22. The molecule has 1 aromatic heterocycles. The molecule has 19 heavy (non-hydrogen) atoms. The number of carbonyl (C=O) groups is 1. The number of amides is 1. The predicted molar refractivity (Wildman–Crippen MR) is 74.7 cm³/mol. The molecule has 98 valence electrons. The number of nitrogens with two attached hydrogens (primary N) is 1. The minimum Gasteiger partial charge on any atom is -0.339 e. The van der Waals surface area contributed by atoms with Crippen LogP contribution in [0.5, 0.6) is 0 Å². The van der Waals surface area contributed by atoms with E-state index >= 15 is 0 Å². The number of likely N-dealkylation sites (tertiary alicyclic amines) is 1. The van der Waals surface area contributed by atoms with Crippen LogP contribution >= 0.6 is 0 Å². The Hall–Kier alpha value is -2.14. The van der Waals surface area contributed by atoms with E-state index in [2.05, 4.69) is 10.4 Å². The average Bonchev–Trinajstić information content (AvgIpc) is 2.99. The lowest BCUT2D eigenvalue weighted by Gasteiger charge is -2.17. The van der Waals surface area contributed by atoms with Crippen molar-refractivity contribution in [2.45, 2.75) is 12.8 Å². The first-order valence-corrected chi connectivity index (χ1v) is 6.45. The maximum absolute atomic E-state index is 12.5. The SMILES string of the molecule is NNc1ncc(C(=O)N2CCCC2)c2ccccc12. The molecule has 3 rings (SSSR count). The smallest absolute Gasteiger partial charge is 0.256 e. The second kappa shape index (κ2) is 4.85. The molecule has 0 atom stereocenters. The predicted octanol–water partition coefficient (Wildman–Crippen LogP) is 1.76. The van der Waals surface area contributed by atoms with Crippen LogP contribution < -0.4 is 11.3 Å². The van der Waals surface area contributed by atoms with Gasteiger partial charge in [0, 0.05) is 24.7 Å². The first-order chi connectivity index (χ1) is 9.31. The van der Waals surface area contributed by atoms with Crippen LogP contribution in [0.2, 0.25) is 0 Å². The highest BCUT2D eigenvalue weighted by molar-refractivity contribution is 6.09. The molecule has 1 fully saturated rings. The largest absolute Gasteiger partial charge is 0.339 e. The number of anilines is 1. The molecule has 5 heteroatoms. The Bertz CT molecular complexity index is 620. The van der Waals surface area contributed by atoms with Gasteiger partial charge in [-0.3, -0.25) is 4.79 Å². The zero-order valence-corrected chi connectivity index (χ0v) is 10.6. The zero-order chi connectivity index (χ0) is 13.2. The van der Waals surface area contributed by atoms with E-state index in [0.717, 1.165) is 36.7 Å². The number of fused-ring (bicyclic) bond motifs is 1. The Kier molecular flexibility index (Phi) is 3.05. The maximum Gasteiger partial charge on any atom is 0.256 e. The molecule has 0 radical (unpaired) electrons. The van der Waals surface area contributed by atoms with Gasteiger partial charge in [0.05, 0.1) is 5.56 Å². The van der Waals surface area contributed by atoms with Crippen LogP contribution in [-0.2, 0) is 0 Å². The zero-order valence-electron chi connectivity index (χ0n) is 10.6. The van der Waals surface area contributed by atoms with Gasteiger partial charge in [-0.15, -0.1) is 0 Å². The highest BCUT2D eigenvalue weighted by Gasteiger charge is 2.22. The quantitative estimate of drug-likeness (QED) is 0.634. The molecule has 2 aromatic rings. The van der Waals surface area contributed by atoms with E-state index in [1.54, 1.807) is 6.20 Å². The molecule has 1 amide bonds. The van der Waals surface area contributed by atoms with Gasteiger partial charge in [0.2, 0.25) is 0 Å². The van der Waals surface area contributed by atoms with E-state index < -0.39 is 0 Å². The van der Waals surface area contributed by atoms with Gasteiger partial charge in [-0.2, -0.15) is 0 Å². The normalized spacial score (nSPS) is 14.9. The molecule has 1 aliphatic heterocycles. The molecule has 1 saturated heterocycles. The van der Waals surface area contributed by atoms with Crippen molar-refractivity contribution in [2.24, 2.45) is 5.84 Å². The summed E-state index contributed by atoms with van der Waals surface area (Å²) < 4.78 is 0. The molecule has 2 heterocycles. The minimum atomic E-state index is 0.0600. The van der Waals surface area contributed by atoms with Crippen LogP contribution in [0.1, 0.15) is 23.2 Å². The lowest BCUT2D eigenvalue weighted by molar-refractivity contribution is 0.0794. The maximum atomic E-state index is 12.5. The Labute approximate surface area is 111 Å². The van der Waals surface area contributed by atoms with Crippen LogP contribution in [0.25, 0.3) is 10.8 Å². The van der Waals surface area contributed by atoms with Crippen LogP contribution in [0.15, 0.2) is 30.5 Å². The molecule has 0 spiro atoms. The number of hydrogen-bond acceptors (Lipinski definition) is 4. The van der Waals surface area contributed by atoms with Crippen molar-refractivity contribution < 1.29 is 4.79 Å². The second-order valence-electron chi connectivity index (χ2n) is 4.71. The minimum absolute atomic E-state index is 0.0600. The number of rotatable bonds is 2. The third-order valence-corrected chi connectivity index (χ3v) is 3.56. The third-order valence-electron chi connectivity index (χ3n) is 3.56. The summed E-state index contributed by atoms with van der Waals surface area (Å²) in [5.74, 6) is 6.11. The highest BCUT2D eigenvalue weighted by Crippen LogP contribution is 2.25. The van der Waals surface area contributed by atoms with Gasteiger partial charge < -0.3 is 10.3 Å². The van der Waals surface area contributed by atoms with Crippen molar-refractivity contribution in [1.82, 2.24) is 9.88 Å². The van der Waals surface area contributed by atoms with E-state index in [1.165, 1.54) is 0 Å². The van der Waals surface area contributed by atoms with E-state index in [1.807, 2.05) is 29.2 Å². The summed E-state index contributed by atoms with van der Waals surface area (Å²) in [5, 5.41) is 1.76. The van der Waals surface area contributed by atoms with Gasteiger partial charge in [0.25, 0.3) is 5.91 Å². The number of benzene rings is 1. The molecule has 1 aromatic carbocycles. The lowest BCUT2D eigenvalue weighted by Crippen LogP contribution is -2.28. The monoisotopic (exact) mass is 256 g/mol. The Morgan fingerprint density at radius 3 is 2.58 bits per heavy atom. The van der Waals surface area contributed by atoms with E-state index in [4.69, 9.17) is 5.84 Å². The number of aromatic nitrogens is 1. The first-order valence-electron chi connectivity index (χ1n) is 6.45. The number of hydrogen-bond donors (Lipinski definition) is 2. The van der Waals surface area contributed by atoms with Gasteiger partial charge in [-0.05, 0) is 18.2 Å². The first kappa shape index (κ1) is 11.9. The fourth-order valence-corrected chi connectivity index (χ4v) is 2.57. The number of hydrazine groups is 1. The van der Waals surface area contributed by atoms with Crippen LogP contribution in [-0.4, -0.2) is 28.9 Å². The number of nitrogens with one attached hydrogen (secondary N) is 1. The molecule has 1 aliphatic rings. The van der Waals surface area contributed by atoms with Gasteiger partial charge in [0.15, 0.2) is 0 Å². The second-order valence-corrected chi connectivity index (χ2v) is 4.71.